The van der Waals surface area contributed by atoms with Gasteiger partial charge in [-0.05, 0) is 52.6 Å². The monoisotopic (exact) mass is 386 g/mol. The van der Waals surface area contributed by atoms with Gasteiger partial charge in [-0.25, -0.2) is 0 Å². The van der Waals surface area contributed by atoms with Crippen LogP contribution in [0.15, 0.2) is 91.0 Å². The van der Waals surface area contributed by atoms with E-state index in [4.69, 9.17) is 17.0 Å². The Morgan fingerprint density at radius 1 is 0.704 bits per heavy atom. The average Bonchev–Trinajstić information content (AvgIpc) is 2.74. The van der Waals surface area contributed by atoms with Gasteiger partial charge in [0, 0.05) is 10.4 Å². The average molecular weight is 387 g/mol. The minimum absolute atomic E-state index is 0.850. The summed E-state index contributed by atoms with van der Waals surface area (Å²) in [6, 6.07) is 31.3. The van der Waals surface area contributed by atoms with Gasteiger partial charge in [0.2, 0.25) is 0 Å². The molecule has 0 bridgehead atoms. The van der Waals surface area contributed by atoms with Crippen LogP contribution in [0.1, 0.15) is 0 Å². The van der Waals surface area contributed by atoms with E-state index in [0.29, 0.717) is 0 Å². The molecule has 0 N–H and O–H groups in total. The summed E-state index contributed by atoms with van der Waals surface area (Å²) in [4.78, 5) is 1.18. The smallest absolute Gasteiger partial charge is 0.118 e. The van der Waals surface area contributed by atoms with Gasteiger partial charge in [-0.3, -0.25) is 0 Å². The Morgan fingerprint density at radius 3 is 1.89 bits per heavy atom. The molecule has 3 heteroatoms. The highest BCUT2D eigenvalue weighted by Crippen LogP contribution is 2.43. The maximum absolute atomic E-state index is 5.64. The summed E-state index contributed by atoms with van der Waals surface area (Å²) in [5.74, 6) is 0.850. The van der Waals surface area contributed by atoms with Crippen molar-refractivity contribution in [1.29, 1.82) is 0 Å². The molecule has 3 aromatic carbocycles. The van der Waals surface area contributed by atoms with Gasteiger partial charge in [-0.2, -0.15) is 0 Å². The highest BCUT2D eigenvalue weighted by atomic mass is 32.1. The van der Waals surface area contributed by atoms with Crippen molar-refractivity contribution < 1.29 is 4.74 Å². The highest BCUT2D eigenvalue weighted by molar-refractivity contribution is 7.73. The van der Waals surface area contributed by atoms with E-state index in [2.05, 4.69) is 66.7 Å². The van der Waals surface area contributed by atoms with Crippen LogP contribution in [0.4, 0.5) is 0 Å². The van der Waals surface area contributed by atoms with Crippen LogP contribution in [0.2, 0.25) is 0 Å². The van der Waals surface area contributed by atoms with Crippen LogP contribution < -0.4 is 4.74 Å². The van der Waals surface area contributed by atoms with E-state index in [1.165, 1.54) is 21.6 Å². The fourth-order valence-corrected chi connectivity index (χ4v) is 4.51. The standard InChI is InChI=1S/C24H18OS2/c1-25-20-14-12-19(13-15-20)24-23(18-10-6-3-7-11-18)21(16-22(26)27-24)17-8-4-2-5-9-17/h2-16H,1H3. The first-order valence-corrected chi connectivity index (χ1v) is 9.92. The van der Waals surface area contributed by atoms with Crippen molar-refractivity contribution in [3.8, 4) is 38.4 Å². The van der Waals surface area contributed by atoms with Gasteiger partial charge in [-0.15, -0.1) is 11.3 Å². The van der Waals surface area contributed by atoms with Crippen molar-refractivity contribution in [2.45, 2.75) is 0 Å². The van der Waals surface area contributed by atoms with Crippen molar-refractivity contribution in [3.63, 3.8) is 0 Å². The molecule has 0 saturated heterocycles. The molecular formula is C24H18OS2. The lowest BCUT2D eigenvalue weighted by Gasteiger charge is -2.16. The molecular weight excluding hydrogens is 368 g/mol. The van der Waals surface area contributed by atoms with Crippen molar-refractivity contribution in [2.75, 3.05) is 7.11 Å². The summed E-state index contributed by atoms with van der Waals surface area (Å²) in [5, 5.41) is 0. The van der Waals surface area contributed by atoms with Gasteiger partial charge in [-0.1, -0.05) is 72.9 Å². The van der Waals surface area contributed by atoms with Gasteiger partial charge in [0.25, 0.3) is 0 Å². The molecule has 4 aromatic rings. The van der Waals surface area contributed by atoms with E-state index >= 15 is 0 Å². The lowest BCUT2D eigenvalue weighted by Crippen LogP contribution is -1.90. The molecule has 0 fully saturated rings. The van der Waals surface area contributed by atoms with Crippen LogP contribution >= 0.6 is 23.6 Å². The summed E-state index contributed by atoms with van der Waals surface area (Å²) >= 11 is 7.29. The summed E-state index contributed by atoms with van der Waals surface area (Å²) in [6.45, 7) is 0. The Balaban J connectivity index is 2.03. The predicted molar refractivity (Wildman–Crippen MR) is 118 cm³/mol. The molecule has 0 aliphatic heterocycles. The SMILES string of the molecule is COc1ccc(-c2sc(=S)cc(-c3ccccc3)c2-c2ccccc2)cc1. The third kappa shape index (κ3) is 3.70. The number of rotatable bonds is 4. The third-order valence-electron chi connectivity index (χ3n) is 4.46. The Bertz CT molecular complexity index is 1100. The first-order valence-electron chi connectivity index (χ1n) is 8.69. The van der Waals surface area contributed by atoms with Gasteiger partial charge < -0.3 is 4.74 Å². The number of methoxy groups -OCH3 is 1. The molecule has 4 rings (SSSR count). The van der Waals surface area contributed by atoms with Gasteiger partial charge >= 0.3 is 0 Å². The quantitative estimate of drug-likeness (QED) is 0.336. The number of hydrogen-bond donors (Lipinski definition) is 0. The zero-order valence-electron chi connectivity index (χ0n) is 14.9. The fraction of sp³-hybridized carbons (Fsp3) is 0.0417. The van der Waals surface area contributed by atoms with Gasteiger partial charge in [0.1, 0.15) is 5.75 Å². The molecule has 1 nitrogen and oxygen atoms in total. The second-order valence-electron chi connectivity index (χ2n) is 6.14. The van der Waals surface area contributed by atoms with Gasteiger partial charge in [0.15, 0.2) is 0 Å². The molecule has 0 atom stereocenters. The fourth-order valence-electron chi connectivity index (χ4n) is 3.18. The molecule has 27 heavy (non-hydrogen) atoms. The molecule has 132 valence electrons. The van der Waals surface area contributed by atoms with Crippen molar-refractivity contribution in [1.82, 2.24) is 0 Å². The Kier molecular flexibility index (Phi) is 5.14. The lowest BCUT2D eigenvalue weighted by atomic mass is 9.93. The van der Waals surface area contributed by atoms with Crippen LogP contribution in [0.3, 0.4) is 0 Å². The van der Waals surface area contributed by atoms with Crippen LogP contribution in [-0.4, -0.2) is 7.11 Å². The molecule has 0 aliphatic carbocycles. The van der Waals surface area contributed by atoms with Crippen LogP contribution in [0.25, 0.3) is 32.7 Å². The zero-order chi connectivity index (χ0) is 18.6. The van der Waals surface area contributed by atoms with Crippen molar-refractivity contribution in [2.24, 2.45) is 0 Å². The maximum atomic E-state index is 5.64. The molecule has 1 aromatic heterocycles. The van der Waals surface area contributed by atoms with Crippen molar-refractivity contribution in [3.05, 3.63) is 94.8 Å². The Hall–Kier alpha value is -2.75. The van der Waals surface area contributed by atoms with E-state index in [0.717, 1.165) is 20.7 Å². The topological polar surface area (TPSA) is 9.23 Å². The molecule has 0 amide bonds. The normalized spacial score (nSPS) is 10.6. The maximum Gasteiger partial charge on any atom is 0.118 e. The molecule has 0 saturated carbocycles. The highest BCUT2D eigenvalue weighted by Gasteiger charge is 2.15. The zero-order valence-corrected chi connectivity index (χ0v) is 16.5. The number of ether oxygens (including phenoxy) is 1. The lowest BCUT2D eigenvalue weighted by molar-refractivity contribution is 0.415. The summed E-state index contributed by atoms with van der Waals surface area (Å²) < 4.78 is 6.19. The summed E-state index contributed by atoms with van der Waals surface area (Å²) in [6.07, 6.45) is 0. The molecule has 1 heterocycles. The van der Waals surface area contributed by atoms with E-state index in [9.17, 15) is 0 Å². The molecule has 0 radical (unpaired) electrons. The number of hydrogen-bond acceptors (Lipinski definition) is 3. The second kappa shape index (κ2) is 7.87. The molecule has 0 aliphatic rings. The largest absolute Gasteiger partial charge is 0.497 e. The first-order chi connectivity index (χ1) is 13.3. The van der Waals surface area contributed by atoms with E-state index in [-0.39, 0.29) is 0 Å². The van der Waals surface area contributed by atoms with E-state index in [1.807, 2.05) is 24.3 Å². The minimum Gasteiger partial charge on any atom is -0.497 e. The van der Waals surface area contributed by atoms with E-state index < -0.39 is 0 Å². The van der Waals surface area contributed by atoms with Crippen LogP contribution in [0, 0.1) is 3.82 Å². The molecule has 0 unspecified atom stereocenters. The van der Waals surface area contributed by atoms with Gasteiger partial charge in [0.05, 0.1) is 10.9 Å². The van der Waals surface area contributed by atoms with Crippen molar-refractivity contribution >= 4 is 23.6 Å². The Morgan fingerprint density at radius 2 is 1.30 bits per heavy atom. The van der Waals surface area contributed by atoms with Crippen LogP contribution in [-0.2, 0) is 0 Å². The van der Waals surface area contributed by atoms with Crippen LogP contribution in [0.5, 0.6) is 5.75 Å². The summed E-state index contributed by atoms with van der Waals surface area (Å²) in [7, 11) is 1.68. The predicted octanol–water partition coefficient (Wildman–Crippen LogP) is 7.49. The Labute approximate surface area is 168 Å². The van der Waals surface area contributed by atoms with E-state index in [1.54, 1.807) is 18.4 Å². The first kappa shape index (κ1) is 17.7. The summed E-state index contributed by atoms with van der Waals surface area (Å²) in [5.41, 5.74) is 5.88. The molecule has 0 spiro atoms. The minimum atomic E-state index is 0.850. The second-order valence-corrected chi connectivity index (χ2v) is 7.89. The number of benzene rings is 3. The third-order valence-corrected chi connectivity index (χ3v) is 5.79.